The van der Waals surface area contributed by atoms with Crippen LogP contribution < -0.4 is 20.3 Å². The van der Waals surface area contributed by atoms with Crippen LogP contribution >= 0.6 is 0 Å². The molecule has 6 nitrogen and oxygen atoms in total. The van der Waals surface area contributed by atoms with Crippen molar-refractivity contribution >= 4 is 23.3 Å². The van der Waals surface area contributed by atoms with Crippen LogP contribution in [0.1, 0.15) is 37.9 Å². The Labute approximate surface area is 194 Å². The Hall–Kier alpha value is -3.80. The predicted molar refractivity (Wildman–Crippen MR) is 131 cm³/mol. The minimum atomic E-state index is -0.626. The SMILES string of the molecule is CCN1C(=O)C(C)(C)COc2cc(NC(=O)NC(c3ccccc3)c3ccccc3)ccc21. The first kappa shape index (κ1) is 22.4. The topological polar surface area (TPSA) is 70.7 Å². The molecule has 0 atom stereocenters. The van der Waals surface area contributed by atoms with E-state index in [9.17, 15) is 9.59 Å². The Morgan fingerprint density at radius 1 is 1.00 bits per heavy atom. The second-order valence-corrected chi connectivity index (χ2v) is 8.76. The highest BCUT2D eigenvalue weighted by Gasteiger charge is 2.37. The van der Waals surface area contributed by atoms with Crippen molar-refractivity contribution in [1.82, 2.24) is 5.32 Å². The number of nitrogens with zero attached hydrogens (tertiary/aromatic N) is 1. The molecule has 0 spiro atoms. The maximum Gasteiger partial charge on any atom is 0.319 e. The first-order valence-corrected chi connectivity index (χ1v) is 11.2. The molecule has 33 heavy (non-hydrogen) atoms. The predicted octanol–water partition coefficient (Wildman–Crippen LogP) is 5.37. The van der Waals surface area contributed by atoms with E-state index in [-0.39, 0.29) is 24.6 Å². The average molecular weight is 444 g/mol. The van der Waals surface area contributed by atoms with Crippen molar-refractivity contribution in [3.8, 4) is 5.75 Å². The summed E-state index contributed by atoms with van der Waals surface area (Å²) in [6.07, 6.45) is 0. The second kappa shape index (κ2) is 9.36. The fraction of sp³-hybridized carbons (Fsp3) is 0.259. The van der Waals surface area contributed by atoms with Crippen molar-refractivity contribution < 1.29 is 14.3 Å². The Morgan fingerprint density at radius 3 is 2.18 bits per heavy atom. The van der Waals surface area contributed by atoms with Crippen LogP contribution in [-0.2, 0) is 4.79 Å². The highest BCUT2D eigenvalue weighted by molar-refractivity contribution is 6.00. The zero-order valence-electron chi connectivity index (χ0n) is 19.2. The minimum absolute atomic E-state index is 0.0239. The first-order valence-electron chi connectivity index (χ1n) is 11.2. The molecule has 1 aliphatic rings. The van der Waals surface area contributed by atoms with E-state index in [1.54, 1.807) is 17.0 Å². The van der Waals surface area contributed by atoms with E-state index >= 15 is 0 Å². The first-order chi connectivity index (χ1) is 15.9. The summed E-state index contributed by atoms with van der Waals surface area (Å²) < 4.78 is 5.97. The fourth-order valence-electron chi connectivity index (χ4n) is 3.99. The summed E-state index contributed by atoms with van der Waals surface area (Å²) in [6, 6.07) is 24.4. The molecule has 3 aromatic carbocycles. The number of nitrogens with one attached hydrogen (secondary N) is 2. The third kappa shape index (κ3) is 4.85. The van der Waals surface area contributed by atoms with Crippen LogP contribution in [-0.4, -0.2) is 25.1 Å². The van der Waals surface area contributed by atoms with E-state index in [1.807, 2.05) is 87.5 Å². The van der Waals surface area contributed by atoms with E-state index in [4.69, 9.17) is 4.74 Å². The number of carbonyl (C=O) groups is 2. The van der Waals surface area contributed by atoms with Crippen LogP contribution in [0.2, 0.25) is 0 Å². The van der Waals surface area contributed by atoms with Crippen molar-refractivity contribution in [3.05, 3.63) is 90.0 Å². The van der Waals surface area contributed by atoms with Crippen LogP contribution in [0.15, 0.2) is 78.9 Å². The van der Waals surface area contributed by atoms with Crippen molar-refractivity contribution in [1.29, 1.82) is 0 Å². The standard InChI is InChI=1S/C27H29N3O3/c1-4-30-22-16-15-21(17-23(22)33-18-27(2,3)25(30)31)28-26(32)29-24(19-11-7-5-8-12-19)20-13-9-6-10-14-20/h5-17,24H,4,18H2,1-3H3,(H2,28,29,32). The monoisotopic (exact) mass is 443 g/mol. The van der Waals surface area contributed by atoms with Gasteiger partial charge in [0.05, 0.1) is 17.1 Å². The molecule has 3 amide bonds. The number of anilines is 2. The number of rotatable bonds is 5. The normalized spacial score (nSPS) is 14.8. The van der Waals surface area contributed by atoms with Crippen molar-refractivity contribution in [3.63, 3.8) is 0 Å². The molecule has 170 valence electrons. The lowest BCUT2D eigenvalue weighted by molar-refractivity contribution is -0.127. The quantitative estimate of drug-likeness (QED) is 0.557. The van der Waals surface area contributed by atoms with Gasteiger partial charge in [-0.2, -0.15) is 0 Å². The maximum atomic E-state index is 13.0. The zero-order chi connectivity index (χ0) is 23.4. The molecule has 1 aliphatic heterocycles. The number of fused-ring (bicyclic) bond motifs is 1. The lowest BCUT2D eigenvalue weighted by atomic mass is 9.93. The van der Waals surface area contributed by atoms with E-state index in [1.165, 1.54) is 0 Å². The summed E-state index contributed by atoms with van der Waals surface area (Å²) >= 11 is 0. The Morgan fingerprint density at radius 2 is 1.61 bits per heavy atom. The molecule has 1 heterocycles. The van der Waals surface area contributed by atoms with Gasteiger partial charge in [-0.05, 0) is 44.0 Å². The average Bonchev–Trinajstić information content (AvgIpc) is 2.92. The van der Waals surface area contributed by atoms with Crippen molar-refractivity contribution in [2.24, 2.45) is 5.41 Å². The van der Waals surface area contributed by atoms with Gasteiger partial charge in [0.1, 0.15) is 12.4 Å². The summed E-state index contributed by atoms with van der Waals surface area (Å²) in [5.74, 6) is 0.604. The lowest BCUT2D eigenvalue weighted by Gasteiger charge is -2.26. The van der Waals surface area contributed by atoms with Crippen molar-refractivity contribution in [2.75, 3.05) is 23.4 Å². The van der Waals surface area contributed by atoms with Crippen LogP contribution in [0.25, 0.3) is 0 Å². The molecule has 4 rings (SSSR count). The Kier molecular flexibility index (Phi) is 6.36. The number of carbonyl (C=O) groups excluding carboxylic acids is 2. The Balaban J connectivity index is 1.55. The van der Waals surface area contributed by atoms with Gasteiger partial charge in [-0.15, -0.1) is 0 Å². The summed E-state index contributed by atoms with van der Waals surface area (Å²) in [5, 5.41) is 5.99. The van der Waals surface area contributed by atoms with Gasteiger partial charge in [0.15, 0.2) is 0 Å². The molecule has 0 bridgehead atoms. The van der Waals surface area contributed by atoms with Gasteiger partial charge in [-0.1, -0.05) is 60.7 Å². The number of benzene rings is 3. The molecule has 0 saturated heterocycles. The van der Waals surface area contributed by atoms with E-state index in [0.717, 1.165) is 11.1 Å². The molecule has 3 aromatic rings. The van der Waals surface area contributed by atoms with Gasteiger partial charge in [0.25, 0.3) is 0 Å². The van der Waals surface area contributed by atoms with Gasteiger partial charge >= 0.3 is 6.03 Å². The molecule has 0 aliphatic carbocycles. The zero-order valence-corrected chi connectivity index (χ0v) is 19.2. The lowest BCUT2D eigenvalue weighted by Crippen LogP contribution is -2.42. The van der Waals surface area contributed by atoms with Crippen LogP contribution in [0.4, 0.5) is 16.2 Å². The largest absolute Gasteiger partial charge is 0.490 e. The van der Waals surface area contributed by atoms with Crippen LogP contribution in [0.3, 0.4) is 0 Å². The second-order valence-electron chi connectivity index (χ2n) is 8.76. The molecular formula is C27H29N3O3. The number of amides is 3. The number of hydrogen-bond donors (Lipinski definition) is 2. The summed E-state index contributed by atoms with van der Waals surface area (Å²) in [4.78, 5) is 27.6. The minimum Gasteiger partial charge on any atom is -0.490 e. The number of urea groups is 1. The van der Waals surface area contributed by atoms with E-state index < -0.39 is 5.41 Å². The number of hydrogen-bond acceptors (Lipinski definition) is 3. The van der Waals surface area contributed by atoms with E-state index in [0.29, 0.717) is 23.7 Å². The summed E-state index contributed by atoms with van der Waals surface area (Å²) in [7, 11) is 0. The van der Waals surface area contributed by atoms with Crippen molar-refractivity contribution in [2.45, 2.75) is 26.8 Å². The van der Waals surface area contributed by atoms with E-state index in [2.05, 4.69) is 10.6 Å². The summed E-state index contributed by atoms with van der Waals surface area (Å²) in [6.45, 7) is 6.51. The third-order valence-corrected chi connectivity index (χ3v) is 5.78. The molecule has 0 aromatic heterocycles. The van der Waals surface area contributed by atoms with Gasteiger partial charge in [0.2, 0.25) is 5.91 Å². The molecule has 6 heteroatoms. The third-order valence-electron chi connectivity index (χ3n) is 5.78. The smallest absolute Gasteiger partial charge is 0.319 e. The van der Waals surface area contributed by atoms with Gasteiger partial charge in [0, 0.05) is 18.3 Å². The number of ether oxygens (including phenoxy) is 1. The summed E-state index contributed by atoms with van der Waals surface area (Å²) in [5.41, 5.74) is 2.66. The molecule has 2 N–H and O–H groups in total. The molecular weight excluding hydrogens is 414 g/mol. The Bertz CT molecular complexity index is 1090. The molecule has 0 fully saturated rings. The van der Waals surface area contributed by atoms with Crippen LogP contribution in [0.5, 0.6) is 5.75 Å². The highest BCUT2D eigenvalue weighted by Crippen LogP contribution is 2.38. The molecule has 0 unspecified atom stereocenters. The van der Waals surface area contributed by atoms with Gasteiger partial charge in [-0.25, -0.2) is 4.79 Å². The van der Waals surface area contributed by atoms with Gasteiger partial charge < -0.3 is 20.3 Å². The molecule has 0 radical (unpaired) electrons. The maximum absolute atomic E-state index is 13.0. The van der Waals surface area contributed by atoms with Crippen LogP contribution in [0, 0.1) is 5.41 Å². The van der Waals surface area contributed by atoms with Gasteiger partial charge in [-0.3, -0.25) is 4.79 Å². The highest BCUT2D eigenvalue weighted by atomic mass is 16.5. The molecule has 0 saturated carbocycles. The fourth-order valence-corrected chi connectivity index (χ4v) is 3.99.